The highest BCUT2D eigenvalue weighted by atomic mass is 79.9. The Bertz CT molecular complexity index is 564. The van der Waals surface area contributed by atoms with E-state index in [0.29, 0.717) is 16.7 Å². The standard InChI is InChI=1S/C9H14BrN5O2S/c1-9(2-3-18(16,17)5-9)14-7-6(10)4-12-8(13-7)15-11/h4H,2-3,5,11H2,1H3,(H2,12,13,14,15). The molecule has 0 spiro atoms. The molecule has 0 radical (unpaired) electrons. The molecule has 1 saturated heterocycles. The minimum Gasteiger partial charge on any atom is -0.363 e. The summed E-state index contributed by atoms with van der Waals surface area (Å²) in [4.78, 5) is 8.08. The number of nitrogens with zero attached hydrogens (tertiary/aromatic N) is 2. The molecule has 0 aliphatic carbocycles. The van der Waals surface area contributed by atoms with Gasteiger partial charge in [0.05, 0.1) is 21.5 Å². The van der Waals surface area contributed by atoms with Crippen LogP contribution >= 0.6 is 15.9 Å². The highest BCUT2D eigenvalue weighted by molar-refractivity contribution is 9.10. The average molecular weight is 336 g/mol. The topological polar surface area (TPSA) is 110 Å². The van der Waals surface area contributed by atoms with Gasteiger partial charge in [0, 0.05) is 6.20 Å². The van der Waals surface area contributed by atoms with Crippen molar-refractivity contribution < 1.29 is 8.42 Å². The smallest absolute Gasteiger partial charge is 0.239 e. The molecule has 18 heavy (non-hydrogen) atoms. The maximum Gasteiger partial charge on any atom is 0.239 e. The summed E-state index contributed by atoms with van der Waals surface area (Å²) in [6.45, 7) is 1.86. The van der Waals surface area contributed by atoms with E-state index in [9.17, 15) is 8.42 Å². The van der Waals surface area contributed by atoms with Gasteiger partial charge in [-0.3, -0.25) is 5.43 Å². The number of hydrogen-bond acceptors (Lipinski definition) is 7. The van der Waals surface area contributed by atoms with Crippen LogP contribution in [0.3, 0.4) is 0 Å². The van der Waals surface area contributed by atoms with Crippen molar-refractivity contribution in [3.63, 3.8) is 0 Å². The van der Waals surface area contributed by atoms with E-state index in [4.69, 9.17) is 5.84 Å². The van der Waals surface area contributed by atoms with Gasteiger partial charge in [-0.15, -0.1) is 0 Å². The Balaban J connectivity index is 2.24. The van der Waals surface area contributed by atoms with Gasteiger partial charge in [0.1, 0.15) is 5.82 Å². The number of rotatable bonds is 3. The molecule has 1 unspecified atom stereocenters. The number of hydrogen-bond donors (Lipinski definition) is 3. The van der Waals surface area contributed by atoms with Gasteiger partial charge in [-0.1, -0.05) is 0 Å². The minimum atomic E-state index is -2.96. The quantitative estimate of drug-likeness (QED) is 0.545. The summed E-state index contributed by atoms with van der Waals surface area (Å²) >= 11 is 3.31. The fourth-order valence-electron chi connectivity index (χ4n) is 1.92. The molecular weight excluding hydrogens is 322 g/mol. The normalized spacial score (nSPS) is 25.9. The lowest BCUT2D eigenvalue weighted by atomic mass is 10.0. The third-order valence-corrected chi connectivity index (χ3v) is 5.28. The summed E-state index contributed by atoms with van der Waals surface area (Å²) in [6, 6.07) is 0. The molecule has 1 atom stereocenters. The van der Waals surface area contributed by atoms with E-state index in [2.05, 4.69) is 36.6 Å². The molecule has 1 fully saturated rings. The number of nitrogens with two attached hydrogens (primary N) is 1. The lowest BCUT2D eigenvalue weighted by molar-refractivity contribution is 0.571. The van der Waals surface area contributed by atoms with Gasteiger partial charge < -0.3 is 5.32 Å². The molecular formula is C9H14BrN5O2S. The first-order chi connectivity index (χ1) is 8.34. The maximum atomic E-state index is 11.5. The zero-order valence-corrected chi connectivity index (χ0v) is 12.2. The van der Waals surface area contributed by atoms with E-state index in [1.54, 1.807) is 6.20 Å². The van der Waals surface area contributed by atoms with E-state index in [0.717, 1.165) is 0 Å². The van der Waals surface area contributed by atoms with Crippen LogP contribution in [-0.4, -0.2) is 35.4 Å². The second-order valence-electron chi connectivity index (χ2n) is 4.56. The largest absolute Gasteiger partial charge is 0.363 e. The summed E-state index contributed by atoms with van der Waals surface area (Å²) in [5.41, 5.74) is 1.83. The number of nitrogen functional groups attached to an aromatic ring is 1. The summed E-state index contributed by atoms with van der Waals surface area (Å²) < 4.78 is 23.7. The number of anilines is 2. The van der Waals surface area contributed by atoms with Crippen LogP contribution in [-0.2, 0) is 9.84 Å². The molecule has 0 aromatic carbocycles. The third-order valence-electron chi connectivity index (χ3n) is 2.80. The predicted octanol–water partition coefficient (Wildman–Crippen LogP) is 0.514. The summed E-state index contributed by atoms with van der Waals surface area (Å²) in [7, 11) is -2.96. The van der Waals surface area contributed by atoms with Crippen LogP contribution in [0.5, 0.6) is 0 Å². The van der Waals surface area contributed by atoms with Crippen molar-refractivity contribution in [1.82, 2.24) is 9.97 Å². The molecule has 1 aliphatic rings. The van der Waals surface area contributed by atoms with Crippen molar-refractivity contribution >= 4 is 37.5 Å². The van der Waals surface area contributed by atoms with Gasteiger partial charge in [-0.25, -0.2) is 19.2 Å². The van der Waals surface area contributed by atoms with Crippen LogP contribution in [0.25, 0.3) is 0 Å². The van der Waals surface area contributed by atoms with Crippen LogP contribution in [0.1, 0.15) is 13.3 Å². The Morgan fingerprint density at radius 1 is 1.56 bits per heavy atom. The van der Waals surface area contributed by atoms with Crippen molar-refractivity contribution in [1.29, 1.82) is 0 Å². The van der Waals surface area contributed by atoms with E-state index >= 15 is 0 Å². The molecule has 4 N–H and O–H groups in total. The second kappa shape index (κ2) is 4.63. The fourth-order valence-corrected chi connectivity index (χ4v) is 4.30. The van der Waals surface area contributed by atoms with Crippen LogP contribution < -0.4 is 16.6 Å². The SMILES string of the molecule is CC1(Nc2nc(NN)ncc2Br)CCS(=O)(=O)C1. The summed E-state index contributed by atoms with van der Waals surface area (Å²) in [6.07, 6.45) is 2.11. The Morgan fingerprint density at radius 3 is 2.83 bits per heavy atom. The molecule has 9 heteroatoms. The van der Waals surface area contributed by atoms with Crippen molar-refractivity contribution in [3.8, 4) is 0 Å². The molecule has 1 aromatic rings. The minimum absolute atomic E-state index is 0.0990. The van der Waals surface area contributed by atoms with Crippen LogP contribution in [0, 0.1) is 0 Å². The van der Waals surface area contributed by atoms with Gasteiger partial charge in [0.15, 0.2) is 9.84 Å². The Morgan fingerprint density at radius 2 is 2.28 bits per heavy atom. The van der Waals surface area contributed by atoms with Crippen LogP contribution in [0.15, 0.2) is 10.7 Å². The molecule has 0 amide bonds. The molecule has 1 aromatic heterocycles. The van der Waals surface area contributed by atoms with E-state index < -0.39 is 15.4 Å². The molecule has 7 nitrogen and oxygen atoms in total. The predicted molar refractivity (Wildman–Crippen MR) is 72.8 cm³/mol. The molecule has 2 rings (SSSR count). The lowest BCUT2D eigenvalue weighted by Gasteiger charge is -2.25. The van der Waals surface area contributed by atoms with E-state index in [1.807, 2.05) is 6.92 Å². The molecule has 1 aliphatic heterocycles. The molecule has 0 bridgehead atoms. The average Bonchev–Trinajstić information content (AvgIpc) is 2.56. The van der Waals surface area contributed by atoms with Crippen LogP contribution in [0.2, 0.25) is 0 Å². The van der Waals surface area contributed by atoms with Gasteiger partial charge >= 0.3 is 0 Å². The van der Waals surface area contributed by atoms with Crippen molar-refractivity contribution in [3.05, 3.63) is 10.7 Å². The monoisotopic (exact) mass is 335 g/mol. The Hall–Kier alpha value is -0.930. The van der Waals surface area contributed by atoms with Crippen molar-refractivity contribution in [2.45, 2.75) is 18.9 Å². The van der Waals surface area contributed by atoms with Gasteiger partial charge in [-0.2, -0.15) is 4.98 Å². The van der Waals surface area contributed by atoms with Gasteiger partial charge in [-0.05, 0) is 29.3 Å². The number of nitrogens with one attached hydrogen (secondary N) is 2. The van der Waals surface area contributed by atoms with Gasteiger partial charge in [0.25, 0.3) is 0 Å². The maximum absolute atomic E-state index is 11.5. The first-order valence-corrected chi connectivity index (χ1v) is 7.93. The number of hydrazine groups is 1. The zero-order valence-electron chi connectivity index (χ0n) is 9.77. The fraction of sp³-hybridized carbons (Fsp3) is 0.556. The van der Waals surface area contributed by atoms with Gasteiger partial charge in [0.2, 0.25) is 5.95 Å². The molecule has 100 valence electrons. The Kier molecular flexibility index (Phi) is 3.47. The highest BCUT2D eigenvalue weighted by Gasteiger charge is 2.38. The number of sulfone groups is 1. The molecule has 2 heterocycles. The number of aromatic nitrogens is 2. The zero-order chi connectivity index (χ0) is 13.4. The van der Waals surface area contributed by atoms with Crippen molar-refractivity contribution in [2.75, 3.05) is 22.2 Å². The van der Waals surface area contributed by atoms with Crippen molar-refractivity contribution in [2.24, 2.45) is 5.84 Å². The van der Waals surface area contributed by atoms with Crippen LogP contribution in [0.4, 0.5) is 11.8 Å². The summed E-state index contributed by atoms with van der Waals surface area (Å²) in [5, 5.41) is 3.14. The lowest BCUT2D eigenvalue weighted by Crippen LogP contribution is -2.36. The van der Waals surface area contributed by atoms with E-state index in [1.165, 1.54) is 0 Å². The Labute approximate surface area is 114 Å². The third kappa shape index (κ3) is 2.90. The van der Waals surface area contributed by atoms with E-state index in [-0.39, 0.29) is 17.5 Å². The first-order valence-electron chi connectivity index (χ1n) is 5.31. The first kappa shape index (κ1) is 13.5. The molecule has 0 saturated carbocycles. The second-order valence-corrected chi connectivity index (χ2v) is 7.60. The number of halogens is 1. The highest BCUT2D eigenvalue weighted by Crippen LogP contribution is 2.30. The summed E-state index contributed by atoms with van der Waals surface area (Å²) in [5.74, 6) is 6.33.